The Balaban J connectivity index is 1.99. The number of amides is 1. The van der Waals surface area contributed by atoms with Gasteiger partial charge in [-0.25, -0.2) is 9.37 Å². The van der Waals surface area contributed by atoms with Crippen molar-refractivity contribution in [2.75, 3.05) is 0 Å². The van der Waals surface area contributed by atoms with Crippen molar-refractivity contribution in [2.24, 2.45) is 0 Å². The van der Waals surface area contributed by atoms with Gasteiger partial charge in [0, 0.05) is 17.0 Å². The van der Waals surface area contributed by atoms with E-state index < -0.39 is 0 Å². The van der Waals surface area contributed by atoms with Gasteiger partial charge in [-0.2, -0.15) is 0 Å². The largest absolute Gasteiger partial charge is 0.352 e. The van der Waals surface area contributed by atoms with Gasteiger partial charge in [0.2, 0.25) is 5.91 Å². The minimum atomic E-state index is -0.333. The van der Waals surface area contributed by atoms with E-state index in [-0.39, 0.29) is 29.9 Å². The Hall–Kier alpha value is -2.54. The third kappa shape index (κ3) is 3.61. The number of nitrogens with zero attached hydrogens (tertiary/aromatic N) is 2. The van der Waals surface area contributed by atoms with Crippen molar-refractivity contribution in [1.82, 2.24) is 14.9 Å². The summed E-state index contributed by atoms with van der Waals surface area (Å²) in [4.78, 5) is 29.8. The van der Waals surface area contributed by atoms with E-state index >= 15 is 0 Å². The van der Waals surface area contributed by atoms with Gasteiger partial charge in [-0.3, -0.25) is 14.2 Å². The van der Waals surface area contributed by atoms with Crippen LogP contribution >= 0.6 is 11.3 Å². The average Bonchev–Trinajstić information content (AvgIpc) is 3.02. The summed E-state index contributed by atoms with van der Waals surface area (Å²) in [6, 6.07) is 6.02. The number of hydrogen-bond donors (Lipinski definition) is 1. The number of nitrogens with one attached hydrogen (secondary N) is 1. The molecule has 0 aliphatic heterocycles. The van der Waals surface area contributed by atoms with Gasteiger partial charge in [0.25, 0.3) is 5.56 Å². The van der Waals surface area contributed by atoms with E-state index in [1.807, 2.05) is 19.2 Å². The van der Waals surface area contributed by atoms with E-state index in [0.29, 0.717) is 15.8 Å². The highest BCUT2D eigenvalue weighted by atomic mass is 32.1. The molecule has 0 unspecified atom stereocenters. The summed E-state index contributed by atoms with van der Waals surface area (Å²) in [5.74, 6) is -0.559. The molecule has 3 rings (SSSR count). The molecule has 0 aliphatic carbocycles. The molecular weight excluding hydrogens is 341 g/mol. The van der Waals surface area contributed by atoms with Crippen LogP contribution in [0.15, 0.2) is 40.8 Å². The van der Waals surface area contributed by atoms with Crippen molar-refractivity contribution in [2.45, 2.75) is 32.9 Å². The van der Waals surface area contributed by atoms with Gasteiger partial charge in [0.05, 0.1) is 11.7 Å². The number of aromatic nitrogens is 2. The molecule has 0 spiro atoms. The van der Waals surface area contributed by atoms with Crippen LogP contribution in [-0.2, 0) is 11.3 Å². The van der Waals surface area contributed by atoms with Crippen molar-refractivity contribution in [3.63, 3.8) is 0 Å². The van der Waals surface area contributed by atoms with Crippen molar-refractivity contribution in [3.05, 3.63) is 52.1 Å². The number of carbonyl (C=O) groups excluding carboxylic acids is 1. The quantitative estimate of drug-likeness (QED) is 0.761. The van der Waals surface area contributed by atoms with Crippen LogP contribution in [0.1, 0.15) is 20.3 Å². The van der Waals surface area contributed by atoms with E-state index in [1.54, 1.807) is 12.1 Å². The maximum atomic E-state index is 13.1. The van der Waals surface area contributed by atoms with Gasteiger partial charge in [0.15, 0.2) is 0 Å². The van der Waals surface area contributed by atoms with Crippen LogP contribution in [0.25, 0.3) is 21.3 Å². The first-order chi connectivity index (χ1) is 12.0. The molecule has 0 saturated carbocycles. The van der Waals surface area contributed by atoms with Crippen molar-refractivity contribution < 1.29 is 9.18 Å². The number of halogens is 1. The topological polar surface area (TPSA) is 64.0 Å². The van der Waals surface area contributed by atoms with Crippen LogP contribution in [0, 0.1) is 5.82 Å². The third-order valence-corrected chi connectivity index (χ3v) is 4.94. The minimum Gasteiger partial charge on any atom is -0.352 e. The number of rotatable bonds is 5. The Morgan fingerprint density at radius 1 is 1.36 bits per heavy atom. The predicted molar refractivity (Wildman–Crippen MR) is 97.2 cm³/mol. The second-order valence-electron chi connectivity index (χ2n) is 5.89. The van der Waals surface area contributed by atoms with E-state index in [1.165, 1.54) is 34.4 Å². The second kappa shape index (κ2) is 7.14. The molecule has 0 bridgehead atoms. The molecule has 0 radical (unpaired) electrons. The summed E-state index contributed by atoms with van der Waals surface area (Å²) < 4.78 is 14.4. The molecule has 0 aliphatic rings. The molecule has 3 aromatic rings. The van der Waals surface area contributed by atoms with Crippen LogP contribution in [0.5, 0.6) is 0 Å². The van der Waals surface area contributed by atoms with Crippen molar-refractivity contribution in [1.29, 1.82) is 0 Å². The molecule has 0 saturated heterocycles. The van der Waals surface area contributed by atoms with E-state index in [4.69, 9.17) is 0 Å². The Morgan fingerprint density at radius 2 is 2.08 bits per heavy atom. The molecule has 1 atom stereocenters. The maximum absolute atomic E-state index is 13.1. The zero-order valence-corrected chi connectivity index (χ0v) is 14.8. The molecular formula is C18H18FN3O2S. The first kappa shape index (κ1) is 17.3. The Kier molecular flexibility index (Phi) is 4.94. The first-order valence-corrected chi connectivity index (χ1v) is 8.89. The fourth-order valence-corrected chi connectivity index (χ4v) is 3.41. The molecule has 5 nitrogen and oxygen atoms in total. The number of thiophene rings is 1. The second-order valence-corrected chi connectivity index (χ2v) is 6.75. The zero-order valence-electron chi connectivity index (χ0n) is 14.0. The number of carbonyl (C=O) groups is 1. The molecule has 0 fully saturated rings. The minimum absolute atomic E-state index is 0.0517. The number of hydrogen-bond acceptors (Lipinski definition) is 4. The Bertz CT molecular complexity index is 963. The SMILES string of the molecule is CC[C@@H](C)NC(=O)Cn1cnc2scc(-c3ccc(F)cc3)c2c1=O. The third-order valence-electron chi connectivity index (χ3n) is 4.05. The lowest BCUT2D eigenvalue weighted by Gasteiger charge is -2.12. The number of fused-ring (bicyclic) bond motifs is 1. The van der Waals surface area contributed by atoms with Crippen LogP contribution in [0.4, 0.5) is 4.39 Å². The monoisotopic (exact) mass is 359 g/mol. The fourth-order valence-electron chi connectivity index (χ4n) is 2.50. The highest BCUT2D eigenvalue weighted by molar-refractivity contribution is 7.17. The molecule has 2 heterocycles. The number of benzene rings is 1. The van der Waals surface area contributed by atoms with Gasteiger partial charge < -0.3 is 5.32 Å². The molecule has 7 heteroatoms. The highest BCUT2D eigenvalue weighted by Crippen LogP contribution is 2.30. The lowest BCUT2D eigenvalue weighted by molar-refractivity contribution is -0.122. The summed E-state index contributed by atoms with van der Waals surface area (Å²) >= 11 is 1.35. The summed E-state index contributed by atoms with van der Waals surface area (Å²) in [5, 5.41) is 5.12. The Morgan fingerprint density at radius 3 is 2.76 bits per heavy atom. The summed E-state index contributed by atoms with van der Waals surface area (Å²) in [7, 11) is 0. The predicted octanol–water partition coefficient (Wildman–Crippen LogP) is 3.18. The van der Waals surface area contributed by atoms with E-state index in [9.17, 15) is 14.0 Å². The fraction of sp³-hybridized carbons (Fsp3) is 0.278. The molecule has 1 N–H and O–H groups in total. The summed E-state index contributed by atoms with van der Waals surface area (Å²) in [6.45, 7) is 3.81. The first-order valence-electron chi connectivity index (χ1n) is 8.01. The smallest absolute Gasteiger partial charge is 0.263 e. The van der Waals surface area contributed by atoms with E-state index in [2.05, 4.69) is 10.3 Å². The van der Waals surface area contributed by atoms with Crippen molar-refractivity contribution in [3.8, 4) is 11.1 Å². The lowest BCUT2D eigenvalue weighted by Crippen LogP contribution is -2.37. The van der Waals surface area contributed by atoms with Crippen LogP contribution < -0.4 is 10.9 Å². The molecule has 25 heavy (non-hydrogen) atoms. The highest BCUT2D eigenvalue weighted by Gasteiger charge is 2.15. The Labute approximate surface area is 148 Å². The summed E-state index contributed by atoms with van der Waals surface area (Å²) in [5.41, 5.74) is 1.17. The standard InChI is InChI=1S/C18H18FN3O2S/c1-3-11(2)21-15(23)8-22-10-20-17-16(18(22)24)14(9-25-17)12-4-6-13(19)7-5-12/h4-7,9-11H,3,8H2,1-2H3,(H,21,23)/t11-/m1/s1. The molecule has 1 amide bonds. The van der Waals surface area contributed by atoms with Crippen LogP contribution in [0.3, 0.4) is 0 Å². The molecule has 130 valence electrons. The van der Waals surface area contributed by atoms with Gasteiger partial charge in [-0.05, 0) is 31.0 Å². The molecule has 1 aromatic carbocycles. The van der Waals surface area contributed by atoms with Crippen LogP contribution in [0.2, 0.25) is 0 Å². The maximum Gasteiger partial charge on any atom is 0.263 e. The lowest BCUT2D eigenvalue weighted by atomic mass is 10.1. The average molecular weight is 359 g/mol. The molecule has 2 aromatic heterocycles. The van der Waals surface area contributed by atoms with E-state index in [0.717, 1.165) is 12.0 Å². The zero-order chi connectivity index (χ0) is 18.0. The van der Waals surface area contributed by atoms with Gasteiger partial charge in [0.1, 0.15) is 17.2 Å². The van der Waals surface area contributed by atoms with Gasteiger partial charge in [-0.1, -0.05) is 19.1 Å². The summed E-state index contributed by atoms with van der Waals surface area (Å²) in [6.07, 6.45) is 2.21. The van der Waals surface area contributed by atoms with Gasteiger partial charge >= 0.3 is 0 Å². The van der Waals surface area contributed by atoms with Crippen molar-refractivity contribution >= 4 is 27.5 Å². The van der Waals surface area contributed by atoms with Crippen LogP contribution in [-0.4, -0.2) is 21.5 Å². The van der Waals surface area contributed by atoms with Gasteiger partial charge in [-0.15, -0.1) is 11.3 Å². The normalized spacial score (nSPS) is 12.3.